The van der Waals surface area contributed by atoms with E-state index < -0.39 is 0 Å². The summed E-state index contributed by atoms with van der Waals surface area (Å²) < 4.78 is 33.7. The van der Waals surface area contributed by atoms with Gasteiger partial charge in [0.25, 0.3) is 0 Å². The number of aryl methyl sites for hydroxylation is 2. The van der Waals surface area contributed by atoms with Gasteiger partial charge >= 0.3 is 0 Å². The van der Waals surface area contributed by atoms with Crippen molar-refractivity contribution in [2.24, 2.45) is 0 Å². The maximum atomic E-state index is 5.73. The Kier molecular flexibility index (Phi) is 11.1. The normalized spacial score (nSPS) is 14.4. The molecule has 0 spiro atoms. The molecule has 0 N–H and O–H groups in total. The van der Waals surface area contributed by atoms with Gasteiger partial charge < -0.3 is 38.2 Å². The maximum Gasteiger partial charge on any atom is 0.203 e. The van der Waals surface area contributed by atoms with E-state index in [-0.39, 0.29) is 0 Å². The molecule has 0 atom stereocenters. The van der Waals surface area contributed by atoms with Crippen molar-refractivity contribution in [1.29, 1.82) is 0 Å². The molecule has 8 nitrogen and oxygen atoms in total. The topological polar surface area (TPSA) is 61.9 Å². The van der Waals surface area contributed by atoms with Crippen molar-refractivity contribution in [3.63, 3.8) is 0 Å². The Morgan fingerprint density at radius 2 is 0.911 bits per heavy atom. The molecular formula is C37H48N2O6. The molecule has 1 fully saturated rings. The molecular weight excluding hydrogens is 568 g/mol. The Morgan fingerprint density at radius 3 is 1.29 bits per heavy atom. The Hall–Kier alpha value is -3.88. The van der Waals surface area contributed by atoms with Gasteiger partial charge in [-0.05, 0) is 104 Å². The van der Waals surface area contributed by atoms with Gasteiger partial charge in [0.1, 0.15) is 0 Å². The number of benzene rings is 4. The highest BCUT2D eigenvalue weighted by molar-refractivity contribution is 5.94. The van der Waals surface area contributed by atoms with Gasteiger partial charge in [-0.3, -0.25) is 0 Å². The minimum Gasteiger partial charge on any atom is -0.493 e. The minimum atomic E-state index is 0.637. The summed E-state index contributed by atoms with van der Waals surface area (Å²) in [6.45, 7) is 6.79. The van der Waals surface area contributed by atoms with Crippen LogP contribution in [0.1, 0.15) is 30.4 Å². The first kappa shape index (κ1) is 32.5. The van der Waals surface area contributed by atoms with Crippen LogP contribution in [0.5, 0.6) is 34.5 Å². The molecule has 1 aliphatic rings. The molecule has 0 radical (unpaired) electrons. The van der Waals surface area contributed by atoms with Gasteiger partial charge in [-0.15, -0.1) is 0 Å². The zero-order valence-electron chi connectivity index (χ0n) is 27.7. The van der Waals surface area contributed by atoms with Crippen molar-refractivity contribution in [2.45, 2.75) is 32.1 Å². The summed E-state index contributed by atoms with van der Waals surface area (Å²) in [5.41, 5.74) is 2.63. The van der Waals surface area contributed by atoms with Crippen molar-refractivity contribution in [2.75, 3.05) is 81.9 Å². The quantitative estimate of drug-likeness (QED) is 0.157. The van der Waals surface area contributed by atoms with Gasteiger partial charge in [-0.25, -0.2) is 0 Å². The van der Waals surface area contributed by atoms with E-state index in [9.17, 15) is 0 Å². The summed E-state index contributed by atoms with van der Waals surface area (Å²) in [6.07, 6.45) is 5.53. The van der Waals surface area contributed by atoms with E-state index in [0.717, 1.165) is 98.0 Å². The lowest BCUT2D eigenvalue weighted by Gasteiger charge is -2.22. The SMILES string of the molecule is COc1cc2ccc(CCCN3CCCN(CCCc4ccc5cc(OC)c(OC)c(OC)c5c4)CC3)cc2c(OC)c1OC. The summed E-state index contributed by atoms with van der Waals surface area (Å²) >= 11 is 0. The van der Waals surface area contributed by atoms with Crippen LogP contribution in [0.15, 0.2) is 48.5 Å². The van der Waals surface area contributed by atoms with E-state index in [0.29, 0.717) is 23.0 Å². The molecule has 8 heteroatoms. The van der Waals surface area contributed by atoms with Gasteiger partial charge in [-0.1, -0.05) is 24.3 Å². The number of methoxy groups -OCH3 is 6. The molecule has 0 aromatic heterocycles. The number of rotatable bonds is 14. The minimum absolute atomic E-state index is 0.637. The molecule has 5 rings (SSSR count). The number of hydrogen-bond donors (Lipinski definition) is 0. The standard InChI is InChI=1S/C37H48N2O6/c1-40-32-24-28-14-12-26(22-30(28)34(42-3)36(32)44-5)10-7-16-38-18-9-19-39(21-20-38)17-8-11-27-13-15-29-25-33(41-2)37(45-6)35(43-4)31(29)23-27/h12-15,22-25H,7-11,16-21H2,1-6H3. The molecule has 4 aromatic rings. The monoisotopic (exact) mass is 616 g/mol. The zero-order chi connectivity index (χ0) is 31.8. The fraction of sp³-hybridized carbons (Fsp3) is 0.459. The number of fused-ring (bicyclic) bond motifs is 2. The van der Waals surface area contributed by atoms with Crippen LogP contribution in [0.25, 0.3) is 21.5 Å². The van der Waals surface area contributed by atoms with Crippen LogP contribution in [0.2, 0.25) is 0 Å². The third-order valence-electron chi connectivity index (χ3n) is 8.97. The third-order valence-corrected chi connectivity index (χ3v) is 8.97. The van der Waals surface area contributed by atoms with Crippen molar-refractivity contribution in [3.8, 4) is 34.5 Å². The number of hydrogen-bond acceptors (Lipinski definition) is 8. The molecule has 0 bridgehead atoms. The maximum absolute atomic E-state index is 5.73. The third kappa shape index (κ3) is 7.34. The van der Waals surface area contributed by atoms with Crippen LogP contribution in [-0.2, 0) is 12.8 Å². The first-order chi connectivity index (χ1) is 22.0. The van der Waals surface area contributed by atoms with Gasteiger partial charge in [0, 0.05) is 23.9 Å². The van der Waals surface area contributed by atoms with Crippen LogP contribution in [0.4, 0.5) is 0 Å². The van der Waals surface area contributed by atoms with Gasteiger partial charge in [0.05, 0.1) is 42.7 Å². The summed E-state index contributed by atoms with van der Waals surface area (Å²) in [5.74, 6) is 4.09. The van der Waals surface area contributed by atoms with Crippen molar-refractivity contribution in [3.05, 3.63) is 59.7 Å². The molecule has 4 aromatic carbocycles. The van der Waals surface area contributed by atoms with Crippen LogP contribution in [0, 0.1) is 0 Å². The second kappa shape index (κ2) is 15.4. The molecule has 0 amide bonds. The highest BCUT2D eigenvalue weighted by Crippen LogP contribution is 2.44. The van der Waals surface area contributed by atoms with E-state index in [1.54, 1.807) is 42.7 Å². The molecule has 0 aliphatic carbocycles. The smallest absolute Gasteiger partial charge is 0.203 e. The molecule has 1 aliphatic heterocycles. The molecule has 45 heavy (non-hydrogen) atoms. The Labute approximate surface area is 267 Å². The van der Waals surface area contributed by atoms with Crippen LogP contribution < -0.4 is 28.4 Å². The lowest BCUT2D eigenvalue weighted by Crippen LogP contribution is -2.32. The fourth-order valence-electron chi connectivity index (χ4n) is 6.63. The average molecular weight is 617 g/mol. The van der Waals surface area contributed by atoms with E-state index in [1.807, 2.05) is 12.1 Å². The molecule has 242 valence electrons. The van der Waals surface area contributed by atoms with Crippen LogP contribution >= 0.6 is 0 Å². The largest absolute Gasteiger partial charge is 0.493 e. The van der Waals surface area contributed by atoms with Crippen molar-refractivity contribution < 1.29 is 28.4 Å². The first-order valence-corrected chi connectivity index (χ1v) is 15.9. The highest BCUT2D eigenvalue weighted by Gasteiger charge is 2.19. The fourth-order valence-corrected chi connectivity index (χ4v) is 6.63. The average Bonchev–Trinajstić information content (AvgIpc) is 3.31. The Balaban J connectivity index is 1.11. The van der Waals surface area contributed by atoms with Gasteiger partial charge in [-0.2, -0.15) is 0 Å². The van der Waals surface area contributed by atoms with Crippen LogP contribution in [-0.4, -0.2) is 91.7 Å². The lowest BCUT2D eigenvalue weighted by atomic mass is 10.0. The van der Waals surface area contributed by atoms with Gasteiger partial charge in [0.2, 0.25) is 11.5 Å². The summed E-state index contributed by atoms with van der Waals surface area (Å²) in [6, 6.07) is 17.2. The predicted molar refractivity (Wildman–Crippen MR) is 181 cm³/mol. The summed E-state index contributed by atoms with van der Waals surface area (Å²) in [5, 5.41) is 4.28. The molecule has 1 saturated heterocycles. The van der Waals surface area contributed by atoms with Crippen molar-refractivity contribution >= 4 is 21.5 Å². The summed E-state index contributed by atoms with van der Waals surface area (Å²) in [4.78, 5) is 5.26. The zero-order valence-corrected chi connectivity index (χ0v) is 27.7. The van der Waals surface area contributed by atoms with E-state index >= 15 is 0 Å². The number of nitrogens with zero attached hydrogens (tertiary/aromatic N) is 2. The summed E-state index contributed by atoms with van der Waals surface area (Å²) in [7, 11) is 9.97. The second-order valence-electron chi connectivity index (χ2n) is 11.6. The second-order valence-corrected chi connectivity index (χ2v) is 11.6. The molecule has 1 heterocycles. The molecule has 0 unspecified atom stereocenters. The Morgan fingerprint density at radius 1 is 0.489 bits per heavy atom. The lowest BCUT2D eigenvalue weighted by molar-refractivity contribution is 0.253. The van der Waals surface area contributed by atoms with Crippen LogP contribution in [0.3, 0.4) is 0 Å². The predicted octanol–water partition coefficient (Wildman–Crippen LogP) is 6.62. The highest BCUT2D eigenvalue weighted by atomic mass is 16.5. The van der Waals surface area contributed by atoms with E-state index in [2.05, 4.69) is 46.2 Å². The van der Waals surface area contributed by atoms with E-state index in [1.165, 1.54) is 17.5 Å². The number of ether oxygens (including phenoxy) is 6. The Bertz CT molecular complexity index is 1470. The van der Waals surface area contributed by atoms with Crippen molar-refractivity contribution in [1.82, 2.24) is 9.80 Å². The van der Waals surface area contributed by atoms with E-state index in [4.69, 9.17) is 28.4 Å². The first-order valence-electron chi connectivity index (χ1n) is 15.9. The van der Waals surface area contributed by atoms with Gasteiger partial charge in [0.15, 0.2) is 23.0 Å². The molecule has 0 saturated carbocycles.